The van der Waals surface area contributed by atoms with Gasteiger partial charge in [-0.05, 0) is 99.6 Å². The Kier molecular flexibility index (Phi) is 20.0. The summed E-state index contributed by atoms with van der Waals surface area (Å²) >= 11 is 0. The van der Waals surface area contributed by atoms with E-state index in [4.69, 9.17) is 31.5 Å². The molecule has 20 heteroatoms. The van der Waals surface area contributed by atoms with Gasteiger partial charge in [-0.25, -0.2) is 19.0 Å². The number of hydrogen-bond donors (Lipinski definition) is 3. The summed E-state index contributed by atoms with van der Waals surface area (Å²) in [6.45, 7) is 21.4. The van der Waals surface area contributed by atoms with Crippen LogP contribution in [-0.4, -0.2) is 138 Å². The second-order valence-corrected chi connectivity index (χ2v) is 20.1. The number of rotatable bonds is 9. The molecule has 0 spiro atoms. The molecule has 4 aromatic heterocycles. The zero-order valence-electron chi connectivity index (χ0n) is 42.8. The third-order valence-corrected chi connectivity index (χ3v) is 15.2. The molecule has 3 radical (unpaired) electrons. The van der Waals surface area contributed by atoms with Crippen molar-refractivity contribution in [3.05, 3.63) is 123 Å². The predicted octanol–water partition coefficient (Wildman–Crippen LogP) is 2.60. The normalized spacial score (nSPS) is 22.4. The van der Waals surface area contributed by atoms with Crippen LogP contribution in [0.4, 0.5) is 11.4 Å². The molecule has 379 valence electrons. The van der Waals surface area contributed by atoms with Crippen molar-refractivity contribution in [2.75, 3.05) is 88.6 Å². The average molecular weight is 1000 g/mol. The minimum absolute atomic E-state index is 0. The first-order valence-electron chi connectivity index (χ1n) is 25.7. The summed E-state index contributed by atoms with van der Waals surface area (Å²) in [5.74, 6) is 5.28. The molecule has 0 saturated carbocycles. The largest absolute Gasteiger partial charge is 1.00 e. The molecule has 18 nitrogen and oxygen atoms in total. The second-order valence-electron chi connectivity index (χ2n) is 20.1. The van der Waals surface area contributed by atoms with Gasteiger partial charge in [0.15, 0.2) is 11.0 Å². The minimum atomic E-state index is -0.102. The maximum atomic E-state index is 12.9. The number of carbonyl (C=O) groups excluding carboxylic acids is 1. The summed E-state index contributed by atoms with van der Waals surface area (Å²) in [6, 6.07) is 16.8. The smallest absolute Gasteiger partial charge is 0.512 e. The van der Waals surface area contributed by atoms with Crippen LogP contribution in [0, 0.1) is 23.7 Å². The zero-order valence-corrected chi connectivity index (χ0v) is 44.8. The van der Waals surface area contributed by atoms with Crippen LogP contribution in [0.2, 0.25) is 0 Å². The van der Waals surface area contributed by atoms with E-state index in [1.807, 2.05) is 18.2 Å². The summed E-state index contributed by atoms with van der Waals surface area (Å²) in [6.07, 6.45) is 13.0. The number of aromatic nitrogens is 8. The molecule has 6 saturated heterocycles. The van der Waals surface area contributed by atoms with Gasteiger partial charge in [-0.15, -0.1) is 0 Å². The first-order valence-corrected chi connectivity index (χ1v) is 25.7. The quantitative estimate of drug-likeness (QED) is 0.108. The average Bonchev–Trinajstić information content (AvgIpc) is 4.28. The van der Waals surface area contributed by atoms with Gasteiger partial charge >= 0.3 is 29.6 Å². The fourth-order valence-electron chi connectivity index (χ4n) is 11.3. The molecule has 73 heavy (non-hydrogen) atoms. The fraction of sp³-hybridized carbons (Fsp3) is 0.547. The number of H-pyrrole nitrogens is 2. The first kappa shape index (κ1) is 55.6. The Morgan fingerprint density at radius 1 is 0.685 bits per heavy atom. The molecule has 4 atom stereocenters. The molecule has 6 aliphatic heterocycles. The van der Waals surface area contributed by atoms with Crippen LogP contribution in [0.15, 0.2) is 70.5 Å². The van der Waals surface area contributed by atoms with Gasteiger partial charge in [0.05, 0.1) is 12.4 Å². The maximum Gasteiger partial charge on any atom is 1.00 e. The van der Waals surface area contributed by atoms with Gasteiger partial charge in [0.1, 0.15) is 29.6 Å². The number of fused-ring (bicyclic) bond motifs is 2. The van der Waals surface area contributed by atoms with Crippen molar-refractivity contribution in [1.29, 1.82) is 5.26 Å². The van der Waals surface area contributed by atoms with E-state index < -0.39 is 0 Å². The van der Waals surface area contributed by atoms with Gasteiger partial charge in [0, 0.05) is 128 Å². The molecule has 2 aromatic carbocycles. The number of likely N-dealkylation sites (tertiary alicyclic amines) is 1. The van der Waals surface area contributed by atoms with E-state index in [0.717, 1.165) is 146 Å². The van der Waals surface area contributed by atoms with Gasteiger partial charge in [0.25, 0.3) is 11.1 Å². The third-order valence-electron chi connectivity index (χ3n) is 15.2. The van der Waals surface area contributed by atoms with Crippen LogP contribution in [-0.2, 0) is 16.0 Å². The Hall–Kier alpha value is -5.20. The van der Waals surface area contributed by atoms with E-state index in [1.54, 1.807) is 21.4 Å². The zero-order chi connectivity index (χ0) is 49.3. The second kappa shape index (κ2) is 26.3. The number of aldehydes is 1. The molecule has 0 aliphatic carbocycles. The molecule has 6 fully saturated rings. The van der Waals surface area contributed by atoms with E-state index in [-0.39, 0.29) is 60.9 Å². The number of nitrogens with one attached hydrogen (secondary N) is 3. The van der Waals surface area contributed by atoms with Crippen molar-refractivity contribution in [1.82, 2.24) is 49.4 Å². The Morgan fingerprint density at radius 3 is 1.70 bits per heavy atom. The maximum absolute atomic E-state index is 12.9. The van der Waals surface area contributed by atoms with Gasteiger partial charge < -0.3 is 46.4 Å². The summed E-state index contributed by atoms with van der Waals surface area (Å²) < 4.78 is 14.5. The number of nitrogens with zero attached hydrogens (tertiary/aromatic N) is 10. The Morgan fingerprint density at radius 2 is 1.19 bits per heavy atom. The van der Waals surface area contributed by atoms with E-state index in [9.17, 15) is 14.4 Å². The molecular weight excluding hydrogens is 932 g/mol. The summed E-state index contributed by atoms with van der Waals surface area (Å²) in [4.78, 5) is 58.2. The number of ether oxygens (including phenoxy) is 2. The minimum Gasteiger partial charge on any atom is -0.512 e. The van der Waals surface area contributed by atoms with Gasteiger partial charge in [-0.3, -0.25) is 19.3 Å². The summed E-state index contributed by atoms with van der Waals surface area (Å²) in [5.41, 5.74) is 5.51. The van der Waals surface area contributed by atoms with Gasteiger partial charge in [-0.1, -0.05) is 38.1 Å². The monoisotopic (exact) mass is 1000 g/mol. The summed E-state index contributed by atoms with van der Waals surface area (Å²) in [7, 11) is 0. The van der Waals surface area contributed by atoms with Crippen LogP contribution >= 0.6 is 0 Å². The van der Waals surface area contributed by atoms with E-state index in [0.29, 0.717) is 34.7 Å². The number of benzene rings is 2. The number of anilines is 2. The van der Waals surface area contributed by atoms with Crippen molar-refractivity contribution in [2.45, 2.75) is 95.4 Å². The van der Waals surface area contributed by atoms with Crippen LogP contribution in [0.25, 0.3) is 11.0 Å². The van der Waals surface area contributed by atoms with Crippen LogP contribution in [0.3, 0.4) is 0 Å². The van der Waals surface area contributed by atoms with E-state index >= 15 is 0 Å². The predicted molar refractivity (Wildman–Crippen MR) is 277 cm³/mol. The molecule has 4 unspecified atom stereocenters. The molecule has 10 heterocycles. The molecule has 12 rings (SSSR count). The third kappa shape index (κ3) is 13.0. The van der Waals surface area contributed by atoms with Crippen molar-refractivity contribution in [2.24, 2.45) is 11.8 Å². The van der Waals surface area contributed by atoms with Crippen molar-refractivity contribution >= 4 is 37.1 Å². The SMILES string of the molecule is CC1CN(Cc2cccc(N3CCCC3)c2)CC1c1nn2c(C3CCOCC3)ncc2c(=O)[nH]1.CC1CNCC1c1nn2c(C3CCOCC3)ncc2c(=O)[nH]1.O=Cc1cccc(N2CCCC2)c1.[B].[C-]#N.[Na+]. The van der Waals surface area contributed by atoms with E-state index in [2.05, 4.69) is 84.1 Å². The number of hydrogen-bond acceptors (Lipinski definition) is 14. The number of carbonyl (C=O) groups is 1. The van der Waals surface area contributed by atoms with Gasteiger partial charge in [-0.2, -0.15) is 10.2 Å². The molecule has 0 bridgehead atoms. The number of imidazole rings is 2. The number of aromatic amines is 2. The summed E-state index contributed by atoms with van der Waals surface area (Å²) in [5, 5.41) is 19.3. The molecule has 6 aliphatic rings. The first-order chi connectivity index (χ1) is 34.8. The molecule has 0 amide bonds. The molecular formula is C53H68BN13NaO5. The Bertz CT molecular complexity index is 2860. The van der Waals surface area contributed by atoms with Crippen molar-refractivity contribution < 1.29 is 43.8 Å². The van der Waals surface area contributed by atoms with Crippen LogP contribution < -0.4 is 55.8 Å². The Labute approximate surface area is 451 Å². The van der Waals surface area contributed by atoms with Crippen molar-refractivity contribution in [3.8, 4) is 0 Å². The van der Waals surface area contributed by atoms with Crippen LogP contribution in [0.1, 0.15) is 128 Å². The van der Waals surface area contributed by atoms with Gasteiger partial charge in [0.2, 0.25) is 0 Å². The standard InChI is InChI=1S/C26H34N6O2.C15H21N5O2.C11H13NO.CN.B.Na/c1-18-15-30(16-19-5-4-6-21(13-19)31-9-2-3-10-31)17-22(18)24-28-26(33)23-14-27-25(32(23)29-24)20-7-11-34-12-8-20;1-9-6-16-7-11(9)13-18-15(21)12-8-17-14(20(12)19-13)10-2-4-22-5-3-10;13-9-10-4-3-5-11(8-10)12-6-1-2-7-12;1-2;;/h4-6,13-14,18,20,22H,2-3,7-12,15-17H2,1H3,(H,28,29,33);8-11,16H,2-7H2,1H3,(H,18,19,21);3-5,8-9H,1-2,6-7H2;;;/q;;;-1;;+1. The van der Waals surface area contributed by atoms with Crippen molar-refractivity contribution in [3.63, 3.8) is 0 Å². The van der Waals surface area contributed by atoms with Crippen LogP contribution in [0.5, 0.6) is 0 Å². The fourth-order valence-corrected chi connectivity index (χ4v) is 11.3. The molecule has 3 N–H and O–H groups in total. The topological polar surface area (TPSA) is 207 Å². The molecule has 6 aromatic rings. The van der Waals surface area contributed by atoms with E-state index in [1.165, 1.54) is 42.6 Å². The Balaban J connectivity index is 0.000000172.